The smallest absolute Gasteiger partial charge is 0.227 e. The number of hydrogen-bond acceptors (Lipinski definition) is 2. The molecule has 1 aromatic rings. The zero-order valence-corrected chi connectivity index (χ0v) is 9.70. The molecule has 1 aliphatic rings. The highest BCUT2D eigenvalue weighted by Crippen LogP contribution is 2.21. The summed E-state index contributed by atoms with van der Waals surface area (Å²) in [6, 6.07) is 8.25. The standard InChI is InChI=1S/C13H18N2O/c1-2-14-10-11-5-7-12(8-6-11)15-9-3-4-13(15)16/h5-8,14H,2-4,9-10H2,1H3. The molecule has 0 aliphatic carbocycles. The third-order valence-electron chi connectivity index (χ3n) is 2.90. The van der Waals surface area contributed by atoms with Gasteiger partial charge >= 0.3 is 0 Å². The van der Waals surface area contributed by atoms with Gasteiger partial charge in [0.15, 0.2) is 0 Å². The van der Waals surface area contributed by atoms with Crippen LogP contribution in [0.25, 0.3) is 0 Å². The molecule has 0 unspecified atom stereocenters. The molecule has 0 radical (unpaired) electrons. The molecule has 16 heavy (non-hydrogen) atoms. The molecular weight excluding hydrogens is 200 g/mol. The molecule has 1 saturated heterocycles. The van der Waals surface area contributed by atoms with Gasteiger partial charge in [0.25, 0.3) is 0 Å². The summed E-state index contributed by atoms with van der Waals surface area (Å²) in [7, 11) is 0. The predicted octanol–water partition coefficient (Wildman–Crippen LogP) is 1.92. The van der Waals surface area contributed by atoms with Crippen molar-refractivity contribution in [2.75, 3.05) is 18.0 Å². The Bertz CT molecular complexity index is 359. The zero-order valence-electron chi connectivity index (χ0n) is 9.70. The molecule has 1 aromatic carbocycles. The number of nitrogens with zero attached hydrogens (tertiary/aromatic N) is 1. The SMILES string of the molecule is CCNCc1ccc(N2CCCC2=O)cc1. The Kier molecular flexibility index (Phi) is 3.57. The number of carbonyl (C=O) groups is 1. The lowest BCUT2D eigenvalue weighted by Gasteiger charge is -2.15. The lowest BCUT2D eigenvalue weighted by molar-refractivity contribution is -0.117. The largest absolute Gasteiger partial charge is 0.313 e. The minimum atomic E-state index is 0.249. The van der Waals surface area contributed by atoms with Crippen LogP contribution in [0.5, 0.6) is 0 Å². The number of rotatable bonds is 4. The van der Waals surface area contributed by atoms with Crippen LogP contribution in [0.1, 0.15) is 25.3 Å². The molecule has 0 spiro atoms. The van der Waals surface area contributed by atoms with Crippen molar-refractivity contribution in [3.8, 4) is 0 Å². The summed E-state index contributed by atoms with van der Waals surface area (Å²) in [5, 5.41) is 3.28. The highest BCUT2D eigenvalue weighted by molar-refractivity contribution is 5.95. The first-order valence-electron chi connectivity index (χ1n) is 5.91. The van der Waals surface area contributed by atoms with Gasteiger partial charge in [0.1, 0.15) is 0 Å². The molecule has 0 bridgehead atoms. The van der Waals surface area contributed by atoms with Crippen LogP contribution in [0.4, 0.5) is 5.69 Å². The van der Waals surface area contributed by atoms with Crippen molar-refractivity contribution >= 4 is 11.6 Å². The molecule has 0 saturated carbocycles. The highest BCUT2D eigenvalue weighted by Gasteiger charge is 2.21. The maximum atomic E-state index is 11.5. The number of hydrogen-bond donors (Lipinski definition) is 1. The van der Waals surface area contributed by atoms with Crippen LogP contribution in [0.3, 0.4) is 0 Å². The van der Waals surface area contributed by atoms with Gasteiger partial charge in [-0.2, -0.15) is 0 Å². The number of carbonyl (C=O) groups excluding carboxylic acids is 1. The number of anilines is 1. The van der Waals surface area contributed by atoms with Crippen molar-refractivity contribution in [2.24, 2.45) is 0 Å². The van der Waals surface area contributed by atoms with E-state index in [2.05, 4.69) is 24.4 Å². The molecule has 1 amide bonds. The molecule has 1 fully saturated rings. The van der Waals surface area contributed by atoms with Crippen LogP contribution < -0.4 is 10.2 Å². The van der Waals surface area contributed by atoms with Crippen LogP contribution in [0.15, 0.2) is 24.3 Å². The van der Waals surface area contributed by atoms with Gasteiger partial charge in [-0.1, -0.05) is 19.1 Å². The Morgan fingerprint density at radius 1 is 1.31 bits per heavy atom. The Balaban J connectivity index is 2.04. The lowest BCUT2D eigenvalue weighted by Crippen LogP contribution is -2.23. The second-order valence-corrected chi connectivity index (χ2v) is 4.10. The summed E-state index contributed by atoms with van der Waals surface area (Å²) >= 11 is 0. The van der Waals surface area contributed by atoms with Gasteiger partial charge in [0.2, 0.25) is 5.91 Å². The molecule has 0 atom stereocenters. The minimum absolute atomic E-state index is 0.249. The second kappa shape index (κ2) is 5.12. The van der Waals surface area contributed by atoms with E-state index >= 15 is 0 Å². The molecule has 86 valence electrons. The fourth-order valence-corrected chi connectivity index (χ4v) is 1.98. The molecule has 2 rings (SSSR count). The first kappa shape index (κ1) is 11.1. The average molecular weight is 218 g/mol. The quantitative estimate of drug-likeness (QED) is 0.837. The third-order valence-corrected chi connectivity index (χ3v) is 2.90. The van der Waals surface area contributed by atoms with Crippen LogP contribution in [-0.4, -0.2) is 19.0 Å². The Morgan fingerprint density at radius 2 is 2.06 bits per heavy atom. The monoisotopic (exact) mass is 218 g/mol. The molecule has 1 aliphatic heterocycles. The van der Waals surface area contributed by atoms with Gasteiger partial charge in [0.05, 0.1) is 0 Å². The van der Waals surface area contributed by atoms with Gasteiger partial charge < -0.3 is 10.2 Å². The normalized spacial score (nSPS) is 15.8. The summed E-state index contributed by atoms with van der Waals surface area (Å²) in [5.41, 5.74) is 2.29. The summed E-state index contributed by atoms with van der Waals surface area (Å²) < 4.78 is 0. The van der Waals surface area contributed by atoms with Crippen LogP contribution >= 0.6 is 0 Å². The van der Waals surface area contributed by atoms with E-state index in [1.54, 1.807) is 0 Å². The molecule has 1 N–H and O–H groups in total. The lowest BCUT2D eigenvalue weighted by atomic mass is 10.2. The molecule has 3 nitrogen and oxygen atoms in total. The first-order chi connectivity index (χ1) is 7.81. The minimum Gasteiger partial charge on any atom is -0.313 e. The van der Waals surface area contributed by atoms with Gasteiger partial charge in [0, 0.05) is 25.2 Å². The van der Waals surface area contributed by atoms with E-state index in [0.717, 1.165) is 31.7 Å². The van der Waals surface area contributed by atoms with Crippen molar-refractivity contribution in [2.45, 2.75) is 26.3 Å². The van der Waals surface area contributed by atoms with Crippen molar-refractivity contribution < 1.29 is 4.79 Å². The van der Waals surface area contributed by atoms with Crippen LogP contribution in [0, 0.1) is 0 Å². The summed E-state index contributed by atoms with van der Waals surface area (Å²) in [5.74, 6) is 0.249. The summed E-state index contributed by atoms with van der Waals surface area (Å²) in [4.78, 5) is 13.4. The van der Waals surface area contributed by atoms with Crippen LogP contribution in [0.2, 0.25) is 0 Å². The molecule has 3 heteroatoms. The van der Waals surface area contributed by atoms with Crippen molar-refractivity contribution in [3.63, 3.8) is 0 Å². The van der Waals surface area contributed by atoms with Crippen molar-refractivity contribution in [3.05, 3.63) is 29.8 Å². The fraction of sp³-hybridized carbons (Fsp3) is 0.462. The number of amides is 1. The highest BCUT2D eigenvalue weighted by atomic mass is 16.2. The summed E-state index contributed by atoms with van der Waals surface area (Å²) in [6.07, 6.45) is 1.68. The van der Waals surface area contributed by atoms with Gasteiger partial charge in [-0.3, -0.25) is 4.79 Å². The van der Waals surface area contributed by atoms with Gasteiger partial charge in [-0.25, -0.2) is 0 Å². The predicted molar refractivity (Wildman–Crippen MR) is 65.4 cm³/mol. The average Bonchev–Trinajstić information content (AvgIpc) is 2.74. The Morgan fingerprint density at radius 3 is 2.62 bits per heavy atom. The maximum Gasteiger partial charge on any atom is 0.227 e. The van der Waals surface area contributed by atoms with Crippen molar-refractivity contribution in [1.82, 2.24) is 5.32 Å². The molecular formula is C13H18N2O. The Hall–Kier alpha value is -1.35. The summed E-state index contributed by atoms with van der Waals surface area (Å²) in [6.45, 7) is 4.83. The van der Waals surface area contributed by atoms with E-state index in [0.29, 0.717) is 6.42 Å². The number of nitrogens with one attached hydrogen (secondary N) is 1. The number of benzene rings is 1. The van der Waals surface area contributed by atoms with E-state index in [9.17, 15) is 4.79 Å². The zero-order chi connectivity index (χ0) is 11.4. The topological polar surface area (TPSA) is 32.3 Å². The van der Waals surface area contributed by atoms with E-state index in [4.69, 9.17) is 0 Å². The second-order valence-electron chi connectivity index (χ2n) is 4.10. The third kappa shape index (κ3) is 2.42. The van der Waals surface area contributed by atoms with E-state index in [1.807, 2.05) is 17.0 Å². The van der Waals surface area contributed by atoms with Crippen molar-refractivity contribution in [1.29, 1.82) is 0 Å². The van der Waals surface area contributed by atoms with E-state index in [1.165, 1.54) is 5.56 Å². The Labute approximate surface area is 96.5 Å². The van der Waals surface area contributed by atoms with E-state index < -0.39 is 0 Å². The molecule has 0 aromatic heterocycles. The van der Waals surface area contributed by atoms with E-state index in [-0.39, 0.29) is 5.91 Å². The van der Waals surface area contributed by atoms with Crippen LogP contribution in [-0.2, 0) is 11.3 Å². The molecule has 1 heterocycles. The first-order valence-corrected chi connectivity index (χ1v) is 5.91. The maximum absolute atomic E-state index is 11.5. The van der Waals surface area contributed by atoms with Gasteiger partial charge in [-0.05, 0) is 30.7 Å². The fourth-order valence-electron chi connectivity index (χ4n) is 1.98. The van der Waals surface area contributed by atoms with Gasteiger partial charge in [-0.15, -0.1) is 0 Å².